The second-order valence-corrected chi connectivity index (χ2v) is 8.64. The van der Waals surface area contributed by atoms with Gasteiger partial charge in [-0.15, -0.1) is 0 Å². The lowest BCUT2D eigenvalue weighted by molar-refractivity contribution is -0.138. The van der Waals surface area contributed by atoms with E-state index in [9.17, 15) is 14.4 Å². The third kappa shape index (κ3) is 4.08. The number of carbonyl (C=O) groups is 3. The van der Waals surface area contributed by atoms with Gasteiger partial charge in [0.15, 0.2) is 11.5 Å². The molecule has 2 heterocycles. The number of likely N-dealkylation sites (N-methyl/N-ethyl adjacent to an activating group) is 1. The molecule has 0 radical (unpaired) electrons. The van der Waals surface area contributed by atoms with Gasteiger partial charge in [-0.05, 0) is 36.8 Å². The number of hydrogen-bond acceptors (Lipinski definition) is 5. The zero-order chi connectivity index (χ0) is 23.0. The molecule has 32 heavy (non-hydrogen) atoms. The zero-order valence-corrected chi connectivity index (χ0v) is 19.0. The van der Waals surface area contributed by atoms with E-state index in [0.29, 0.717) is 35.3 Å². The summed E-state index contributed by atoms with van der Waals surface area (Å²) in [5, 5.41) is 3.30. The Morgan fingerprint density at radius 1 is 1.12 bits per heavy atom. The maximum absolute atomic E-state index is 13.1. The lowest BCUT2D eigenvalue weighted by atomic mass is 9.92. The number of amides is 4. The van der Waals surface area contributed by atoms with Crippen LogP contribution in [0.15, 0.2) is 36.4 Å². The van der Waals surface area contributed by atoms with Crippen molar-refractivity contribution < 1.29 is 23.9 Å². The molecule has 1 fully saturated rings. The summed E-state index contributed by atoms with van der Waals surface area (Å²) in [7, 11) is 1.60. The van der Waals surface area contributed by atoms with Crippen molar-refractivity contribution in [1.82, 2.24) is 15.1 Å². The third-order valence-corrected chi connectivity index (χ3v) is 6.04. The fourth-order valence-corrected chi connectivity index (χ4v) is 4.32. The summed E-state index contributed by atoms with van der Waals surface area (Å²) in [5.41, 5.74) is -0.158. The van der Waals surface area contributed by atoms with E-state index in [2.05, 4.69) is 5.32 Å². The van der Waals surface area contributed by atoms with Crippen molar-refractivity contribution in [3.63, 3.8) is 0 Å². The van der Waals surface area contributed by atoms with Gasteiger partial charge in [0.1, 0.15) is 25.3 Å². The van der Waals surface area contributed by atoms with Crippen molar-refractivity contribution in [3.8, 4) is 11.5 Å². The number of nitrogens with one attached hydrogen (secondary N) is 1. The Balaban J connectivity index is 1.45. The minimum atomic E-state index is -1.40. The number of imide groups is 1. The topological polar surface area (TPSA) is 88.2 Å². The van der Waals surface area contributed by atoms with Crippen LogP contribution in [0.3, 0.4) is 0 Å². The van der Waals surface area contributed by atoms with Gasteiger partial charge in [-0.25, -0.2) is 4.79 Å². The number of urea groups is 1. The summed E-state index contributed by atoms with van der Waals surface area (Å²) in [5.74, 6) is 0.329. The first-order valence-electron chi connectivity index (χ1n) is 9.91. The number of halogens is 2. The first-order valence-corrected chi connectivity index (χ1v) is 10.7. The number of rotatable bonds is 5. The second-order valence-electron chi connectivity index (χ2n) is 7.80. The number of nitrogens with zero attached hydrogens (tertiary/aromatic N) is 2. The highest BCUT2D eigenvalue weighted by Crippen LogP contribution is 2.35. The Kier molecular flexibility index (Phi) is 5.92. The van der Waals surface area contributed by atoms with Crippen LogP contribution in [0.5, 0.6) is 11.5 Å². The van der Waals surface area contributed by atoms with Gasteiger partial charge in [0, 0.05) is 29.2 Å². The highest BCUT2D eigenvalue weighted by molar-refractivity contribution is 6.35. The molecule has 2 aliphatic rings. The summed E-state index contributed by atoms with van der Waals surface area (Å²) in [6.07, 6.45) is 0. The summed E-state index contributed by atoms with van der Waals surface area (Å²) < 4.78 is 11.1. The van der Waals surface area contributed by atoms with Gasteiger partial charge in [0.25, 0.3) is 5.91 Å². The van der Waals surface area contributed by atoms with E-state index in [-0.39, 0.29) is 11.6 Å². The quantitative estimate of drug-likeness (QED) is 0.668. The largest absolute Gasteiger partial charge is 0.486 e. The third-order valence-electron chi connectivity index (χ3n) is 5.49. The molecule has 8 nitrogen and oxygen atoms in total. The monoisotopic (exact) mass is 477 g/mol. The molecule has 168 valence electrons. The van der Waals surface area contributed by atoms with Crippen LogP contribution in [0.2, 0.25) is 10.0 Å². The predicted molar refractivity (Wildman–Crippen MR) is 118 cm³/mol. The van der Waals surface area contributed by atoms with Crippen LogP contribution in [0.25, 0.3) is 0 Å². The molecular weight excluding hydrogens is 457 g/mol. The molecule has 4 amide bonds. The Morgan fingerprint density at radius 2 is 1.84 bits per heavy atom. The van der Waals surface area contributed by atoms with E-state index in [1.807, 2.05) is 12.1 Å². The van der Waals surface area contributed by atoms with Crippen LogP contribution in [0, 0.1) is 0 Å². The molecule has 2 aromatic carbocycles. The average molecular weight is 478 g/mol. The smallest absolute Gasteiger partial charge is 0.325 e. The Hall–Kier alpha value is -2.97. The van der Waals surface area contributed by atoms with E-state index in [4.69, 9.17) is 32.7 Å². The molecule has 1 N–H and O–H groups in total. The van der Waals surface area contributed by atoms with E-state index >= 15 is 0 Å². The molecule has 0 aromatic heterocycles. The fourth-order valence-electron chi connectivity index (χ4n) is 3.72. The number of fused-ring (bicyclic) bond motifs is 1. The van der Waals surface area contributed by atoms with Crippen molar-refractivity contribution in [1.29, 1.82) is 0 Å². The molecule has 2 aliphatic heterocycles. The molecule has 4 rings (SSSR count). The van der Waals surface area contributed by atoms with Gasteiger partial charge in [0.05, 0.1) is 0 Å². The van der Waals surface area contributed by atoms with E-state index in [1.54, 1.807) is 32.2 Å². The summed E-state index contributed by atoms with van der Waals surface area (Å²) in [4.78, 5) is 40.8. The molecule has 10 heteroatoms. The van der Waals surface area contributed by atoms with Crippen LogP contribution in [-0.2, 0) is 21.7 Å². The SMILES string of the molecule is CN(Cc1ccc2c(c1)OCCO2)C(=O)CN1C(=O)NC(C)(c2ccc(Cl)cc2Cl)C1=O. The molecule has 1 unspecified atom stereocenters. The molecule has 1 atom stereocenters. The summed E-state index contributed by atoms with van der Waals surface area (Å²) >= 11 is 12.2. The fraction of sp³-hybridized carbons (Fsp3) is 0.318. The Bertz CT molecular complexity index is 1110. The molecule has 0 saturated carbocycles. The van der Waals surface area contributed by atoms with Crippen LogP contribution in [0.1, 0.15) is 18.1 Å². The lowest BCUT2D eigenvalue weighted by Gasteiger charge is -2.24. The van der Waals surface area contributed by atoms with E-state index in [1.165, 1.54) is 11.0 Å². The highest BCUT2D eigenvalue weighted by Gasteiger charge is 2.50. The molecule has 0 spiro atoms. The molecular formula is C22H21Cl2N3O5. The first-order chi connectivity index (χ1) is 15.2. The first kappa shape index (κ1) is 22.2. The minimum Gasteiger partial charge on any atom is -0.486 e. The van der Waals surface area contributed by atoms with Crippen molar-refractivity contribution in [3.05, 3.63) is 57.6 Å². The second kappa shape index (κ2) is 8.52. The van der Waals surface area contributed by atoms with Gasteiger partial charge in [0.2, 0.25) is 5.91 Å². The van der Waals surface area contributed by atoms with Crippen LogP contribution < -0.4 is 14.8 Å². The van der Waals surface area contributed by atoms with Gasteiger partial charge in [-0.1, -0.05) is 35.3 Å². The lowest BCUT2D eigenvalue weighted by Crippen LogP contribution is -2.43. The van der Waals surface area contributed by atoms with Gasteiger partial charge < -0.3 is 19.7 Å². The van der Waals surface area contributed by atoms with Gasteiger partial charge in [-0.2, -0.15) is 0 Å². The number of benzene rings is 2. The number of ether oxygens (including phenoxy) is 2. The number of hydrogen-bond donors (Lipinski definition) is 1. The average Bonchev–Trinajstić information content (AvgIpc) is 2.97. The normalized spacial score (nSPS) is 19.7. The molecule has 1 saturated heterocycles. The van der Waals surface area contributed by atoms with Crippen LogP contribution in [0.4, 0.5) is 4.79 Å². The highest BCUT2D eigenvalue weighted by atomic mass is 35.5. The predicted octanol–water partition coefficient (Wildman–Crippen LogP) is 3.19. The molecule has 2 aromatic rings. The van der Waals surface area contributed by atoms with Gasteiger partial charge >= 0.3 is 6.03 Å². The summed E-state index contributed by atoms with van der Waals surface area (Å²) in [6.45, 7) is 2.39. The van der Waals surface area contributed by atoms with E-state index < -0.39 is 29.9 Å². The van der Waals surface area contributed by atoms with Crippen LogP contribution in [-0.4, -0.2) is 54.5 Å². The maximum Gasteiger partial charge on any atom is 0.325 e. The van der Waals surface area contributed by atoms with Crippen molar-refractivity contribution in [2.45, 2.75) is 19.0 Å². The molecule has 0 bridgehead atoms. The van der Waals surface area contributed by atoms with Gasteiger partial charge in [-0.3, -0.25) is 14.5 Å². The minimum absolute atomic E-state index is 0.248. The Morgan fingerprint density at radius 3 is 2.56 bits per heavy atom. The van der Waals surface area contributed by atoms with Crippen LogP contribution >= 0.6 is 23.2 Å². The zero-order valence-electron chi connectivity index (χ0n) is 17.5. The van der Waals surface area contributed by atoms with Crippen molar-refractivity contribution >= 4 is 41.0 Å². The van der Waals surface area contributed by atoms with Crippen molar-refractivity contribution in [2.75, 3.05) is 26.8 Å². The van der Waals surface area contributed by atoms with Crippen molar-refractivity contribution in [2.24, 2.45) is 0 Å². The molecule has 0 aliphatic carbocycles. The Labute approximate surface area is 195 Å². The maximum atomic E-state index is 13.1. The standard InChI is InChI=1S/C22H21Cl2N3O5/c1-22(15-5-4-14(23)10-16(15)24)20(29)27(21(30)25-22)12-19(28)26(2)11-13-3-6-17-18(9-13)32-8-7-31-17/h3-6,9-10H,7-8,11-12H2,1-2H3,(H,25,30). The number of carbonyl (C=O) groups excluding carboxylic acids is 3. The van der Waals surface area contributed by atoms with E-state index in [0.717, 1.165) is 10.5 Å². The summed E-state index contributed by atoms with van der Waals surface area (Å²) in [6, 6.07) is 9.45.